The fourth-order valence-corrected chi connectivity index (χ4v) is 10.1. The van der Waals surface area contributed by atoms with E-state index in [2.05, 4.69) is 34.3 Å². The lowest BCUT2D eigenvalue weighted by Crippen LogP contribution is -2.56. The summed E-state index contributed by atoms with van der Waals surface area (Å²) in [6.45, 7) is 1.16. The third-order valence-electron chi connectivity index (χ3n) is 12.1. The molecule has 6 aliphatic rings. The van der Waals surface area contributed by atoms with Gasteiger partial charge in [0.2, 0.25) is 5.91 Å². The zero-order valence-corrected chi connectivity index (χ0v) is 26.6. The molecule has 0 aliphatic heterocycles. The van der Waals surface area contributed by atoms with Gasteiger partial charge in [-0.25, -0.2) is 0 Å². The minimum absolute atomic E-state index is 0.0109. The number of hydrogen-bond donors (Lipinski definition) is 1. The Labute approximate surface area is 268 Å². The van der Waals surface area contributed by atoms with E-state index in [1.54, 1.807) is 0 Å². The van der Waals surface area contributed by atoms with Crippen LogP contribution in [0.15, 0.2) is 60.7 Å². The highest BCUT2D eigenvalue weighted by Crippen LogP contribution is 2.53. The first-order chi connectivity index (χ1) is 22.1. The zero-order valence-electron chi connectivity index (χ0n) is 26.6. The highest BCUT2D eigenvalue weighted by molar-refractivity contribution is 5.94. The molecule has 1 aromatic heterocycles. The summed E-state index contributed by atoms with van der Waals surface area (Å²) in [6, 6.07) is 21.3. The van der Waals surface area contributed by atoms with E-state index in [0.29, 0.717) is 43.1 Å². The topological polar surface area (TPSA) is 67.2 Å². The molecule has 0 saturated heterocycles. The first kappa shape index (κ1) is 29.0. The quantitative estimate of drug-likeness (QED) is 0.294. The van der Waals surface area contributed by atoms with Crippen LogP contribution < -0.4 is 5.32 Å². The van der Waals surface area contributed by atoms with Crippen LogP contribution in [0, 0.1) is 29.6 Å². The van der Waals surface area contributed by atoms with E-state index >= 15 is 0 Å². The van der Waals surface area contributed by atoms with Gasteiger partial charge in [0.25, 0.3) is 5.91 Å². The molecule has 9 rings (SSSR count). The number of fused-ring (bicyclic) bond motifs is 1. The first-order valence-electron chi connectivity index (χ1n) is 17.9. The molecule has 3 aromatic rings. The molecule has 1 atom stereocenters. The number of aromatic nitrogens is 2. The number of benzene rings is 2. The molecule has 45 heavy (non-hydrogen) atoms. The summed E-state index contributed by atoms with van der Waals surface area (Å²) in [5, 5.41) is 8.72. The van der Waals surface area contributed by atoms with Crippen LogP contribution in [0.25, 0.3) is 0 Å². The monoisotopic (exact) mass is 604 g/mol. The summed E-state index contributed by atoms with van der Waals surface area (Å²) < 4.78 is 2.24. The third-order valence-corrected chi connectivity index (χ3v) is 12.1. The van der Waals surface area contributed by atoms with Gasteiger partial charge < -0.3 is 10.2 Å². The molecule has 4 bridgehead atoms. The van der Waals surface area contributed by atoms with Gasteiger partial charge in [-0.05, 0) is 99.0 Å². The number of nitrogens with one attached hydrogen (secondary N) is 1. The summed E-state index contributed by atoms with van der Waals surface area (Å²) in [5.41, 5.74) is 5.16. The van der Waals surface area contributed by atoms with Crippen molar-refractivity contribution in [3.63, 3.8) is 0 Å². The summed E-state index contributed by atoms with van der Waals surface area (Å²) in [4.78, 5) is 30.6. The Bertz CT molecular complexity index is 1440. The van der Waals surface area contributed by atoms with Gasteiger partial charge in [-0.1, -0.05) is 79.9 Å². The maximum absolute atomic E-state index is 14.4. The molecule has 1 N–H and O–H groups in total. The number of nitrogens with zero attached hydrogens (tertiary/aromatic N) is 3. The molecule has 6 heteroatoms. The van der Waals surface area contributed by atoms with Gasteiger partial charge in [0, 0.05) is 36.3 Å². The second-order valence-electron chi connectivity index (χ2n) is 15.0. The van der Waals surface area contributed by atoms with Crippen molar-refractivity contribution in [3.8, 4) is 0 Å². The summed E-state index contributed by atoms with van der Waals surface area (Å²) in [6.07, 6.45) is 14.8. The summed E-state index contributed by atoms with van der Waals surface area (Å²) in [5.74, 6) is 3.05. The standard InChI is InChI=1S/C39H48N4O2/c44-38(40-36-31-19-28-18-29(21-31)22-32(36)20-28)37-34-23-30(16-17-35(34)43(41-37)33-14-8-3-9-15-33)39(45)42(24-26-10-4-1-5-11-26)25-27-12-6-2-7-13-27/h1-2,4-7,10-13,28-33,36H,3,8-9,14-25H2,(H,40,44). The van der Waals surface area contributed by atoms with Crippen LogP contribution in [-0.2, 0) is 30.7 Å². The molecule has 5 saturated carbocycles. The Morgan fingerprint density at radius 3 is 1.98 bits per heavy atom. The Morgan fingerprint density at radius 1 is 0.778 bits per heavy atom. The molecular formula is C39H48N4O2. The lowest BCUT2D eigenvalue weighted by atomic mass is 9.54. The van der Waals surface area contributed by atoms with Gasteiger partial charge in [-0.2, -0.15) is 5.10 Å². The van der Waals surface area contributed by atoms with E-state index in [4.69, 9.17) is 5.10 Å². The van der Waals surface area contributed by atoms with Crippen LogP contribution in [0.3, 0.4) is 0 Å². The summed E-state index contributed by atoms with van der Waals surface area (Å²) in [7, 11) is 0. The van der Waals surface area contributed by atoms with Crippen LogP contribution >= 0.6 is 0 Å². The van der Waals surface area contributed by atoms with Crippen LogP contribution in [0.5, 0.6) is 0 Å². The molecule has 1 heterocycles. The molecule has 1 unspecified atom stereocenters. The molecule has 236 valence electrons. The molecule has 2 amide bonds. The lowest BCUT2D eigenvalue weighted by molar-refractivity contribution is -0.137. The number of carbonyl (C=O) groups is 2. The highest BCUT2D eigenvalue weighted by atomic mass is 16.2. The predicted octanol–water partition coefficient (Wildman–Crippen LogP) is 7.28. The molecule has 6 aliphatic carbocycles. The van der Waals surface area contributed by atoms with Crippen molar-refractivity contribution in [2.75, 3.05) is 0 Å². The van der Waals surface area contributed by atoms with Crippen molar-refractivity contribution < 1.29 is 9.59 Å². The second-order valence-corrected chi connectivity index (χ2v) is 15.0. The Morgan fingerprint density at radius 2 is 1.38 bits per heavy atom. The maximum Gasteiger partial charge on any atom is 0.272 e. The lowest BCUT2D eigenvalue weighted by Gasteiger charge is -2.54. The average Bonchev–Trinajstić information content (AvgIpc) is 3.46. The average molecular weight is 605 g/mol. The predicted molar refractivity (Wildman–Crippen MR) is 175 cm³/mol. The van der Waals surface area contributed by atoms with Crippen LogP contribution in [0.4, 0.5) is 0 Å². The molecular weight excluding hydrogens is 556 g/mol. The van der Waals surface area contributed by atoms with Crippen molar-refractivity contribution >= 4 is 11.8 Å². The number of hydrogen-bond acceptors (Lipinski definition) is 3. The largest absolute Gasteiger partial charge is 0.347 e. The van der Waals surface area contributed by atoms with Gasteiger partial charge in [-0.3, -0.25) is 14.3 Å². The van der Waals surface area contributed by atoms with Gasteiger partial charge in [-0.15, -0.1) is 0 Å². The van der Waals surface area contributed by atoms with E-state index < -0.39 is 0 Å². The van der Waals surface area contributed by atoms with Crippen LogP contribution in [0.1, 0.15) is 110 Å². The minimum Gasteiger partial charge on any atom is -0.347 e. The van der Waals surface area contributed by atoms with Gasteiger partial charge >= 0.3 is 0 Å². The van der Waals surface area contributed by atoms with Gasteiger partial charge in [0.1, 0.15) is 0 Å². The Balaban J connectivity index is 1.07. The SMILES string of the molecule is O=C(NC1C2CC3CC(C2)CC1C3)c1nn(C2CCCCC2)c2c1CC(C(=O)N(Cc1ccccc1)Cc1ccccc1)CC2. The van der Waals surface area contributed by atoms with Crippen molar-refractivity contribution in [2.24, 2.45) is 29.6 Å². The van der Waals surface area contributed by atoms with E-state index in [1.165, 1.54) is 57.1 Å². The highest BCUT2D eigenvalue weighted by Gasteiger charge is 2.49. The zero-order chi connectivity index (χ0) is 30.3. The van der Waals surface area contributed by atoms with Crippen molar-refractivity contribution in [1.29, 1.82) is 0 Å². The molecule has 0 radical (unpaired) electrons. The van der Waals surface area contributed by atoms with Crippen molar-refractivity contribution in [3.05, 3.63) is 88.7 Å². The fourth-order valence-electron chi connectivity index (χ4n) is 10.1. The summed E-state index contributed by atoms with van der Waals surface area (Å²) >= 11 is 0. The normalized spacial score (nSPS) is 28.9. The van der Waals surface area contributed by atoms with Crippen molar-refractivity contribution in [2.45, 2.75) is 109 Å². The number of rotatable bonds is 8. The number of amides is 2. The van der Waals surface area contributed by atoms with Crippen LogP contribution in [0.2, 0.25) is 0 Å². The van der Waals surface area contributed by atoms with Gasteiger partial charge in [0.05, 0.1) is 6.04 Å². The molecule has 6 nitrogen and oxygen atoms in total. The van der Waals surface area contributed by atoms with E-state index in [-0.39, 0.29) is 23.8 Å². The van der Waals surface area contributed by atoms with E-state index in [0.717, 1.165) is 54.2 Å². The molecule has 5 fully saturated rings. The van der Waals surface area contributed by atoms with E-state index in [9.17, 15) is 9.59 Å². The smallest absolute Gasteiger partial charge is 0.272 e. The van der Waals surface area contributed by atoms with Crippen molar-refractivity contribution in [1.82, 2.24) is 20.0 Å². The first-order valence-corrected chi connectivity index (χ1v) is 17.9. The van der Waals surface area contributed by atoms with E-state index in [1.807, 2.05) is 41.3 Å². The maximum atomic E-state index is 14.4. The fraction of sp³-hybridized carbons (Fsp3) is 0.564. The molecule has 0 spiro atoms. The Hall–Kier alpha value is -3.41. The molecule has 2 aromatic carbocycles. The Kier molecular flexibility index (Phi) is 8.01. The number of carbonyl (C=O) groups excluding carboxylic acids is 2. The second kappa shape index (κ2) is 12.4. The minimum atomic E-state index is -0.151. The third kappa shape index (κ3) is 5.86. The van der Waals surface area contributed by atoms with Crippen LogP contribution in [-0.4, -0.2) is 32.5 Å². The van der Waals surface area contributed by atoms with Gasteiger partial charge in [0.15, 0.2) is 5.69 Å².